The monoisotopic (exact) mass is 397 g/mol. The van der Waals surface area contributed by atoms with Crippen molar-refractivity contribution in [1.29, 1.82) is 0 Å². The number of aromatic carboxylic acids is 1. The second kappa shape index (κ2) is 8.27. The van der Waals surface area contributed by atoms with Gasteiger partial charge in [-0.05, 0) is 55.2 Å². The fourth-order valence-corrected chi connectivity index (χ4v) is 4.30. The molecule has 1 heterocycles. The molecule has 1 N–H and O–H groups in total. The van der Waals surface area contributed by atoms with Gasteiger partial charge in [-0.2, -0.15) is 0 Å². The Hall–Kier alpha value is -2.46. The lowest BCUT2D eigenvalue weighted by Crippen LogP contribution is -2.16. The van der Waals surface area contributed by atoms with Gasteiger partial charge in [-0.1, -0.05) is 36.9 Å². The van der Waals surface area contributed by atoms with Gasteiger partial charge in [0, 0.05) is 27.7 Å². The van der Waals surface area contributed by atoms with Gasteiger partial charge < -0.3 is 14.4 Å². The van der Waals surface area contributed by atoms with Gasteiger partial charge in [-0.15, -0.1) is 0 Å². The third kappa shape index (κ3) is 4.02. The van der Waals surface area contributed by atoms with Crippen LogP contribution >= 0.6 is 11.6 Å². The maximum absolute atomic E-state index is 11.5. The summed E-state index contributed by atoms with van der Waals surface area (Å²) in [6.45, 7) is 1.32. The maximum atomic E-state index is 11.5. The van der Waals surface area contributed by atoms with Gasteiger partial charge in [0.2, 0.25) is 0 Å². The first-order valence-electron chi connectivity index (χ1n) is 9.84. The maximum Gasteiger partial charge on any atom is 0.336 e. The minimum Gasteiger partial charge on any atom is -0.493 e. The standard InChI is InChI=1S/C23H24ClNO3/c24-18-9-10-22(28-15-16-5-2-1-3-6-16)17(13-18)14-25-12-11-19-20(23(26)27)7-4-8-21(19)25/h4,7-13,16H,1-3,5-6,14-15H2,(H,26,27). The minimum atomic E-state index is -0.914. The second-order valence-corrected chi connectivity index (χ2v) is 7.99. The van der Waals surface area contributed by atoms with Crippen molar-refractivity contribution in [2.45, 2.75) is 38.6 Å². The van der Waals surface area contributed by atoms with E-state index in [9.17, 15) is 9.90 Å². The highest BCUT2D eigenvalue weighted by molar-refractivity contribution is 6.30. The van der Waals surface area contributed by atoms with E-state index in [2.05, 4.69) is 0 Å². The van der Waals surface area contributed by atoms with Crippen LogP contribution in [0.15, 0.2) is 48.7 Å². The Labute approximate surface area is 169 Å². The second-order valence-electron chi connectivity index (χ2n) is 7.55. The van der Waals surface area contributed by atoms with Gasteiger partial charge in [-0.25, -0.2) is 4.79 Å². The van der Waals surface area contributed by atoms with E-state index in [1.165, 1.54) is 32.1 Å². The molecular formula is C23H24ClNO3. The van der Waals surface area contributed by atoms with E-state index in [0.717, 1.165) is 28.8 Å². The molecule has 1 saturated carbocycles. The predicted molar refractivity (Wildman–Crippen MR) is 112 cm³/mol. The van der Waals surface area contributed by atoms with E-state index in [-0.39, 0.29) is 0 Å². The number of hydrogen-bond acceptors (Lipinski definition) is 2. The topological polar surface area (TPSA) is 51.5 Å². The Bertz CT molecular complexity index is 989. The number of fused-ring (bicyclic) bond motifs is 1. The number of carbonyl (C=O) groups is 1. The summed E-state index contributed by atoms with van der Waals surface area (Å²) in [6.07, 6.45) is 8.32. The molecule has 4 rings (SSSR count). The quantitative estimate of drug-likeness (QED) is 0.554. The Morgan fingerprint density at radius 3 is 2.75 bits per heavy atom. The number of ether oxygens (including phenoxy) is 1. The first-order valence-corrected chi connectivity index (χ1v) is 10.2. The lowest BCUT2D eigenvalue weighted by Gasteiger charge is -2.22. The van der Waals surface area contributed by atoms with Crippen molar-refractivity contribution in [3.63, 3.8) is 0 Å². The Balaban J connectivity index is 1.59. The summed E-state index contributed by atoms with van der Waals surface area (Å²) in [7, 11) is 0. The van der Waals surface area contributed by atoms with Crippen LogP contribution in [0.3, 0.4) is 0 Å². The van der Waals surface area contributed by atoms with E-state index >= 15 is 0 Å². The number of nitrogens with zero attached hydrogens (tertiary/aromatic N) is 1. The van der Waals surface area contributed by atoms with Crippen molar-refractivity contribution in [2.24, 2.45) is 5.92 Å². The molecule has 0 radical (unpaired) electrons. The summed E-state index contributed by atoms with van der Waals surface area (Å²) in [4.78, 5) is 11.5. The van der Waals surface area contributed by atoms with Gasteiger partial charge in [0.05, 0.1) is 18.7 Å². The molecule has 1 aliphatic rings. The Morgan fingerprint density at radius 1 is 1.14 bits per heavy atom. The summed E-state index contributed by atoms with van der Waals surface area (Å²) in [6, 6.07) is 12.9. The third-order valence-corrected chi connectivity index (χ3v) is 5.84. The largest absolute Gasteiger partial charge is 0.493 e. The summed E-state index contributed by atoms with van der Waals surface area (Å²) < 4.78 is 8.23. The lowest BCUT2D eigenvalue weighted by molar-refractivity contribution is 0.0699. The van der Waals surface area contributed by atoms with E-state index in [4.69, 9.17) is 16.3 Å². The van der Waals surface area contributed by atoms with Crippen molar-refractivity contribution in [3.8, 4) is 5.75 Å². The molecule has 4 nitrogen and oxygen atoms in total. The molecular weight excluding hydrogens is 374 g/mol. The summed E-state index contributed by atoms with van der Waals surface area (Å²) in [5.41, 5.74) is 2.20. The molecule has 146 valence electrons. The highest BCUT2D eigenvalue weighted by atomic mass is 35.5. The van der Waals surface area contributed by atoms with Crippen LogP contribution < -0.4 is 4.74 Å². The number of halogens is 1. The van der Waals surface area contributed by atoms with Crippen molar-refractivity contribution in [1.82, 2.24) is 4.57 Å². The molecule has 0 saturated heterocycles. The van der Waals surface area contributed by atoms with Gasteiger partial charge in [0.1, 0.15) is 5.75 Å². The van der Waals surface area contributed by atoms with E-state index < -0.39 is 5.97 Å². The summed E-state index contributed by atoms with van der Waals surface area (Å²) >= 11 is 6.25. The molecule has 0 spiro atoms. The average Bonchev–Trinajstić information content (AvgIpc) is 3.11. The molecule has 0 aliphatic heterocycles. The number of aromatic nitrogens is 1. The SMILES string of the molecule is O=C(O)c1cccc2c1ccn2Cc1cc(Cl)ccc1OCC1CCCCC1. The number of carboxylic acids is 1. The Kier molecular flexibility index (Phi) is 5.58. The molecule has 0 amide bonds. The molecule has 1 fully saturated rings. The van der Waals surface area contributed by atoms with Crippen LogP contribution in [0.25, 0.3) is 10.9 Å². The van der Waals surface area contributed by atoms with Crippen LogP contribution in [0, 0.1) is 5.92 Å². The average molecular weight is 398 g/mol. The molecule has 0 bridgehead atoms. The zero-order chi connectivity index (χ0) is 19.5. The van der Waals surface area contributed by atoms with Crippen LogP contribution in [0.1, 0.15) is 48.0 Å². The third-order valence-electron chi connectivity index (χ3n) is 5.61. The number of benzene rings is 2. The van der Waals surface area contributed by atoms with Gasteiger partial charge in [0.25, 0.3) is 0 Å². The minimum absolute atomic E-state index is 0.316. The molecule has 1 aliphatic carbocycles. The highest BCUT2D eigenvalue weighted by Crippen LogP contribution is 2.29. The summed E-state index contributed by atoms with van der Waals surface area (Å²) in [5, 5.41) is 10.8. The smallest absolute Gasteiger partial charge is 0.336 e. The fraction of sp³-hybridized carbons (Fsp3) is 0.348. The first-order chi connectivity index (χ1) is 13.6. The fourth-order valence-electron chi connectivity index (χ4n) is 4.11. The zero-order valence-electron chi connectivity index (χ0n) is 15.7. The van der Waals surface area contributed by atoms with Crippen LogP contribution in [0.4, 0.5) is 0 Å². The normalized spacial score (nSPS) is 15.0. The lowest BCUT2D eigenvalue weighted by atomic mass is 9.90. The Morgan fingerprint density at radius 2 is 1.96 bits per heavy atom. The molecule has 2 aromatic carbocycles. The van der Waals surface area contributed by atoms with Crippen LogP contribution in [0.5, 0.6) is 5.75 Å². The molecule has 3 aromatic rings. The van der Waals surface area contributed by atoms with E-state index in [0.29, 0.717) is 23.0 Å². The van der Waals surface area contributed by atoms with E-state index in [1.807, 2.05) is 41.1 Å². The summed E-state index contributed by atoms with van der Waals surface area (Å²) in [5.74, 6) is 0.566. The number of hydrogen-bond donors (Lipinski definition) is 1. The van der Waals surface area contributed by atoms with Crippen LogP contribution in [0.2, 0.25) is 5.02 Å². The zero-order valence-corrected chi connectivity index (χ0v) is 16.5. The van der Waals surface area contributed by atoms with Gasteiger partial charge in [-0.3, -0.25) is 0 Å². The molecule has 0 atom stereocenters. The van der Waals surface area contributed by atoms with Gasteiger partial charge in [0.15, 0.2) is 0 Å². The van der Waals surface area contributed by atoms with E-state index in [1.54, 1.807) is 12.1 Å². The number of carboxylic acid groups (broad SMARTS) is 1. The van der Waals surface area contributed by atoms with Crippen molar-refractivity contribution in [3.05, 3.63) is 64.8 Å². The highest BCUT2D eigenvalue weighted by Gasteiger charge is 2.16. The van der Waals surface area contributed by atoms with Gasteiger partial charge >= 0.3 is 5.97 Å². The van der Waals surface area contributed by atoms with Crippen LogP contribution in [-0.4, -0.2) is 22.2 Å². The van der Waals surface area contributed by atoms with Crippen molar-refractivity contribution < 1.29 is 14.6 Å². The molecule has 5 heteroatoms. The predicted octanol–water partition coefficient (Wildman–Crippen LogP) is 6.00. The first kappa shape index (κ1) is 18.9. The van der Waals surface area contributed by atoms with Crippen molar-refractivity contribution >= 4 is 28.5 Å². The molecule has 0 unspecified atom stereocenters. The van der Waals surface area contributed by atoms with Crippen molar-refractivity contribution in [2.75, 3.05) is 6.61 Å². The number of rotatable bonds is 6. The molecule has 28 heavy (non-hydrogen) atoms. The van der Waals surface area contributed by atoms with Crippen LogP contribution in [-0.2, 0) is 6.54 Å². The molecule has 1 aromatic heterocycles.